The Morgan fingerprint density at radius 1 is 1.03 bits per heavy atom. The van der Waals surface area contributed by atoms with Gasteiger partial charge in [0.15, 0.2) is 17.3 Å². The SMILES string of the molecule is CC(OC(=O)C1=CN(Cc2ccccc2)C=CC1)OC(=O)N(C)C(C)C(=O)c1ccc2c(c1)OCO2. The summed E-state index contributed by atoms with van der Waals surface area (Å²) in [7, 11) is 1.45. The fraction of sp³-hybridized carbons (Fsp3) is 0.296. The molecule has 0 aliphatic carbocycles. The van der Waals surface area contributed by atoms with Gasteiger partial charge in [-0.2, -0.15) is 0 Å². The summed E-state index contributed by atoms with van der Waals surface area (Å²) in [4.78, 5) is 41.2. The predicted octanol–water partition coefficient (Wildman–Crippen LogP) is 4.25. The fourth-order valence-electron chi connectivity index (χ4n) is 3.74. The van der Waals surface area contributed by atoms with Gasteiger partial charge in [0.2, 0.25) is 13.1 Å². The van der Waals surface area contributed by atoms with Crippen LogP contribution in [0.3, 0.4) is 0 Å². The van der Waals surface area contributed by atoms with Crippen LogP contribution in [0.15, 0.2) is 72.6 Å². The van der Waals surface area contributed by atoms with Crippen molar-refractivity contribution in [2.24, 2.45) is 0 Å². The third-order valence-corrected chi connectivity index (χ3v) is 5.87. The van der Waals surface area contributed by atoms with Gasteiger partial charge in [0, 0.05) is 44.9 Å². The van der Waals surface area contributed by atoms with E-state index in [9.17, 15) is 14.4 Å². The molecule has 9 nitrogen and oxygen atoms in total. The molecule has 2 heterocycles. The van der Waals surface area contributed by atoms with Crippen LogP contribution in [-0.4, -0.2) is 53.8 Å². The molecule has 0 fully saturated rings. The van der Waals surface area contributed by atoms with E-state index in [0.29, 0.717) is 35.6 Å². The number of carbonyl (C=O) groups excluding carboxylic acids is 3. The van der Waals surface area contributed by atoms with E-state index >= 15 is 0 Å². The molecule has 1 amide bonds. The number of Topliss-reactive ketones (excluding diaryl/α,β-unsaturated/α-hetero) is 1. The molecule has 0 saturated carbocycles. The first-order chi connectivity index (χ1) is 17.3. The molecular formula is C27H28N2O7. The van der Waals surface area contributed by atoms with Gasteiger partial charge in [0.05, 0.1) is 11.6 Å². The molecule has 0 spiro atoms. The lowest BCUT2D eigenvalue weighted by atomic mass is 10.0. The summed E-state index contributed by atoms with van der Waals surface area (Å²) < 4.78 is 21.2. The molecule has 2 aliphatic rings. The smallest absolute Gasteiger partial charge is 0.413 e. The summed E-state index contributed by atoms with van der Waals surface area (Å²) in [6.07, 6.45) is 3.97. The average Bonchev–Trinajstić information content (AvgIpc) is 3.36. The molecule has 9 heteroatoms. The third kappa shape index (κ3) is 5.86. The van der Waals surface area contributed by atoms with Crippen molar-refractivity contribution in [3.63, 3.8) is 0 Å². The number of carbonyl (C=O) groups is 3. The summed E-state index contributed by atoms with van der Waals surface area (Å²) in [6.45, 7) is 3.75. The molecule has 2 atom stereocenters. The van der Waals surface area contributed by atoms with Gasteiger partial charge >= 0.3 is 12.1 Å². The molecule has 2 unspecified atom stereocenters. The number of nitrogens with zero attached hydrogens (tertiary/aromatic N) is 2. The number of fused-ring (bicyclic) bond motifs is 1. The average molecular weight is 493 g/mol. The van der Waals surface area contributed by atoms with Crippen molar-refractivity contribution in [1.82, 2.24) is 9.80 Å². The van der Waals surface area contributed by atoms with Crippen LogP contribution in [0.5, 0.6) is 11.5 Å². The van der Waals surface area contributed by atoms with Crippen LogP contribution in [0.2, 0.25) is 0 Å². The standard InChI is InChI=1S/C27H28N2O7/c1-18(25(30)21-11-12-23-24(14-21)34-17-33-23)28(3)27(32)36-19(2)35-26(31)22-10-7-13-29(16-22)15-20-8-5-4-6-9-20/h4-9,11-14,16,18-19H,10,15,17H2,1-3H3. The number of likely N-dealkylation sites (N-methyl/N-ethyl adjacent to an activating group) is 1. The van der Waals surface area contributed by atoms with Crippen molar-refractivity contribution in [2.75, 3.05) is 13.8 Å². The van der Waals surface area contributed by atoms with Gasteiger partial charge in [-0.15, -0.1) is 0 Å². The number of hydrogen-bond donors (Lipinski definition) is 0. The van der Waals surface area contributed by atoms with E-state index in [1.807, 2.05) is 47.5 Å². The zero-order valence-corrected chi connectivity index (χ0v) is 20.4. The number of benzene rings is 2. The van der Waals surface area contributed by atoms with Crippen molar-refractivity contribution in [2.45, 2.75) is 39.1 Å². The van der Waals surface area contributed by atoms with Crippen molar-refractivity contribution >= 4 is 17.8 Å². The summed E-state index contributed by atoms with van der Waals surface area (Å²) in [5, 5.41) is 0. The Labute approximate surface area is 209 Å². The van der Waals surface area contributed by atoms with Gasteiger partial charge in [-0.05, 0) is 30.7 Å². The molecule has 188 valence electrons. The molecule has 36 heavy (non-hydrogen) atoms. The summed E-state index contributed by atoms with van der Waals surface area (Å²) in [5.41, 5.74) is 1.92. The highest BCUT2D eigenvalue weighted by Gasteiger charge is 2.28. The first kappa shape index (κ1) is 24.8. The zero-order valence-electron chi connectivity index (χ0n) is 20.4. The van der Waals surface area contributed by atoms with Crippen LogP contribution in [-0.2, 0) is 20.8 Å². The van der Waals surface area contributed by atoms with Crippen molar-refractivity contribution in [1.29, 1.82) is 0 Å². The Balaban J connectivity index is 1.29. The topological polar surface area (TPSA) is 94.6 Å². The molecule has 4 rings (SSSR count). The van der Waals surface area contributed by atoms with E-state index in [1.54, 1.807) is 31.3 Å². The minimum atomic E-state index is -1.14. The molecular weight excluding hydrogens is 464 g/mol. The maximum absolute atomic E-state index is 12.9. The van der Waals surface area contributed by atoms with E-state index in [0.717, 1.165) is 10.5 Å². The molecule has 2 aromatic carbocycles. The Hall–Kier alpha value is -4.27. The molecule has 2 aliphatic heterocycles. The largest absolute Gasteiger partial charge is 0.454 e. The second kappa shape index (κ2) is 11.0. The minimum Gasteiger partial charge on any atom is -0.454 e. The van der Waals surface area contributed by atoms with Gasteiger partial charge < -0.3 is 28.7 Å². The van der Waals surface area contributed by atoms with Crippen LogP contribution in [0.4, 0.5) is 4.79 Å². The minimum absolute atomic E-state index is 0.101. The number of allylic oxidation sites excluding steroid dienone is 1. The predicted molar refractivity (Wildman–Crippen MR) is 130 cm³/mol. The summed E-state index contributed by atoms with van der Waals surface area (Å²) in [5.74, 6) is 0.169. The van der Waals surface area contributed by atoms with Crippen LogP contribution in [0, 0.1) is 0 Å². The zero-order chi connectivity index (χ0) is 25.7. The van der Waals surface area contributed by atoms with E-state index in [4.69, 9.17) is 18.9 Å². The maximum atomic E-state index is 12.9. The lowest BCUT2D eigenvalue weighted by Gasteiger charge is -2.25. The van der Waals surface area contributed by atoms with Gasteiger partial charge in [0.25, 0.3) is 0 Å². The van der Waals surface area contributed by atoms with Crippen molar-refractivity contribution in [3.8, 4) is 11.5 Å². The molecule has 0 saturated heterocycles. The maximum Gasteiger partial charge on any atom is 0.413 e. The normalized spacial score (nSPS) is 15.5. The van der Waals surface area contributed by atoms with Crippen LogP contribution >= 0.6 is 0 Å². The third-order valence-electron chi connectivity index (χ3n) is 5.87. The van der Waals surface area contributed by atoms with Crippen molar-refractivity contribution in [3.05, 3.63) is 83.7 Å². The fourth-order valence-corrected chi connectivity index (χ4v) is 3.74. The van der Waals surface area contributed by atoms with Gasteiger partial charge in [-0.1, -0.05) is 36.4 Å². The van der Waals surface area contributed by atoms with E-state index < -0.39 is 24.4 Å². The second-order valence-corrected chi connectivity index (χ2v) is 8.48. The van der Waals surface area contributed by atoms with E-state index in [-0.39, 0.29) is 12.6 Å². The number of ether oxygens (including phenoxy) is 4. The molecule has 0 radical (unpaired) electrons. The van der Waals surface area contributed by atoms with E-state index in [1.165, 1.54) is 14.0 Å². The lowest BCUT2D eigenvalue weighted by Crippen LogP contribution is -2.42. The Kier molecular flexibility index (Phi) is 7.58. The Morgan fingerprint density at radius 2 is 1.78 bits per heavy atom. The van der Waals surface area contributed by atoms with Crippen LogP contribution < -0.4 is 9.47 Å². The number of rotatable bonds is 8. The highest BCUT2D eigenvalue weighted by molar-refractivity contribution is 6.01. The van der Waals surface area contributed by atoms with E-state index in [2.05, 4.69) is 0 Å². The number of esters is 1. The van der Waals surface area contributed by atoms with Gasteiger partial charge in [-0.25, -0.2) is 9.59 Å². The molecule has 0 N–H and O–H groups in total. The highest BCUT2D eigenvalue weighted by Crippen LogP contribution is 2.33. The first-order valence-corrected chi connectivity index (χ1v) is 11.6. The lowest BCUT2D eigenvalue weighted by molar-refractivity contribution is -0.161. The number of amides is 1. The monoisotopic (exact) mass is 492 g/mol. The van der Waals surface area contributed by atoms with Gasteiger partial charge in [-0.3, -0.25) is 4.79 Å². The van der Waals surface area contributed by atoms with Crippen LogP contribution in [0.25, 0.3) is 0 Å². The number of hydrogen-bond acceptors (Lipinski definition) is 8. The Bertz CT molecular complexity index is 1190. The van der Waals surface area contributed by atoms with Gasteiger partial charge in [0.1, 0.15) is 0 Å². The molecule has 0 aromatic heterocycles. The quantitative estimate of drug-likeness (QED) is 0.307. The summed E-state index contributed by atoms with van der Waals surface area (Å²) in [6, 6.07) is 13.9. The van der Waals surface area contributed by atoms with Crippen molar-refractivity contribution < 1.29 is 33.3 Å². The molecule has 0 bridgehead atoms. The Morgan fingerprint density at radius 3 is 2.56 bits per heavy atom. The molecule has 2 aromatic rings. The number of ketones is 1. The second-order valence-electron chi connectivity index (χ2n) is 8.48. The highest BCUT2D eigenvalue weighted by atomic mass is 16.7. The first-order valence-electron chi connectivity index (χ1n) is 11.6. The van der Waals surface area contributed by atoms with Crippen LogP contribution in [0.1, 0.15) is 36.2 Å². The summed E-state index contributed by atoms with van der Waals surface area (Å²) >= 11 is 0.